The molecule has 2 heterocycles. The summed E-state index contributed by atoms with van der Waals surface area (Å²) in [6.45, 7) is 1.79. The molecule has 5 heteroatoms. The van der Waals surface area contributed by atoms with Gasteiger partial charge < -0.3 is 4.42 Å². The molecule has 1 N–H and O–H groups in total. The highest BCUT2D eigenvalue weighted by molar-refractivity contribution is 6.00. The first-order valence-corrected chi connectivity index (χ1v) is 5.06. The second kappa shape index (κ2) is 5.07. The van der Waals surface area contributed by atoms with Gasteiger partial charge in [-0.25, -0.2) is 5.43 Å². The highest BCUT2D eigenvalue weighted by atomic mass is 16.3. The normalized spacial score (nSPS) is 11.2. The van der Waals surface area contributed by atoms with E-state index in [0.29, 0.717) is 5.71 Å². The molecule has 0 fully saturated rings. The SMILES string of the molecule is C/C(=N\NC(=O)c1ccco1)c1cccnc1. The van der Waals surface area contributed by atoms with Crippen molar-refractivity contribution in [3.63, 3.8) is 0 Å². The summed E-state index contributed by atoms with van der Waals surface area (Å²) in [7, 11) is 0. The molecule has 0 aromatic carbocycles. The number of carbonyl (C=O) groups is 1. The van der Waals surface area contributed by atoms with Gasteiger partial charge in [0.15, 0.2) is 5.76 Å². The molecule has 0 saturated heterocycles. The Hall–Kier alpha value is -2.43. The molecule has 0 spiro atoms. The molecular weight excluding hydrogens is 218 g/mol. The van der Waals surface area contributed by atoms with Crippen molar-refractivity contribution >= 4 is 11.6 Å². The summed E-state index contributed by atoms with van der Waals surface area (Å²) in [5.41, 5.74) is 3.94. The van der Waals surface area contributed by atoms with Gasteiger partial charge in [0, 0.05) is 18.0 Å². The van der Waals surface area contributed by atoms with Gasteiger partial charge in [-0.15, -0.1) is 0 Å². The number of aromatic nitrogens is 1. The number of hydrogen-bond acceptors (Lipinski definition) is 4. The topological polar surface area (TPSA) is 67.5 Å². The molecule has 2 aromatic rings. The average molecular weight is 229 g/mol. The van der Waals surface area contributed by atoms with Gasteiger partial charge in [-0.05, 0) is 25.1 Å². The van der Waals surface area contributed by atoms with Crippen LogP contribution in [0.5, 0.6) is 0 Å². The summed E-state index contributed by atoms with van der Waals surface area (Å²) in [5.74, 6) is -0.147. The molecule has 0 aliphatic carbocycles. The predicted octanol–water partition coefficient (Wildman–Crippen LogP) is 1.83. The van der Waals surface area contributed by atoms with Crippen molar-refractivity contribution in [3.05, 3.63) is 54.2 Å². The summed E-state index contributed by atoms with van der Waals surface area (Å²) in [6, 6.07) is 6.89. The molecule has 86 valence electrons. The average Bonchev–Trinajstić information content (AvgIpc) is 2.90. The lowest BCUT2D eigenvalue weighted by Crippen LogP contribution is -2.18. The first-order valence-electron chi connectivity index (χ1n) is 5.06. The van der Waals surface area contributed by atoms with Crippen LogP contribution in [0, 0.1) is 0 Å². The number of hydrogen-bond donors (Lipinski definition) is 1. The molecule has 17 heavy (non-hydrogen) atoms. The Morgan fingerprint density at radius 1 is 1.41 bits per heavy atom. The maximum atomic E-state index is 11.5. The molecule has 1 amide bonds. The number of hydrazone groups is 1. The monoisotopic (exact) mass is 229 g/mol. The van der Waals surface area contributed by atoms with Crippen molar-refractivity contribution < 1.29 is 9.21 Å². The Kier molecular flexibility index (Phi) is 3.30. The summed E-state index contributed by atoms with van der Waals surface area (Å²) in [4.78, 5) is 15.5. The van der Waals surface area contributed by atoms with E-state index < -0.39 is 0 Å². The Balaban J connectivity index is 2.04. The van der Waals surface area contributed by atoms with Gasteiger partial charge in [0.05, 0.1) is 12.0 Å². The number of nitrogens with zero attached hydrogens (tertiary/aromatic N) is 2. The summed E-state index contributed by atoms with van der Waals surface area (Å²) < 4.78 is 4.94. The minimum absolute atomic E-state index is 0.229. The van der Waals surface area contributed by atoms with Crippen LogP contribution in [-0.2, 0) is 0 Å². The standard InChI is InChI=1S/C12H11N3O2/c1-9(10-4-2-6-13-8-10)14-15-12(16)11-5-3-7-17-11/h2-8H,1H3,(H,15,16)/b14-9+. The maximum absolute atomic E-state index is 11.5. The third-order valence-corrected chi connectivity index (χ3v) is 2.15. The third-order valence-electron chi connectivity index (χ3n) is 2.15. The van der Waals surface area contributed by atoms with Crippen LogP contribution >= 0.6 is 0 Å². The molecule has 0 unspecified atom stereocenters. The summed E-state index contributed by atoms with van der Waals surface area (Å²) in [6.07, 6.45) is 4.79. The number of rotatable bonds is 3. The second-order valence-corrected chi connectivity index (χ2v) is 3.36. The number of carbonyl (C=O) groups excluding carboxylic acids is 1. The first kappa shape index (κ1) is 11.1. The molecule has 2 rings (SSSR count). The highest BCUT2D eigenvalue weighted by Crippen LogP contribution is 2.00. The van der Waals surface area contributed by atoms with E-state index >= 15 is 0 Å². The minimum Gasteiger partial charge on any atom is -0.459 e. The molecule has 0 aliphatic heterocycles. The zero-order valence-electron chi connectivity index (χ0n) is 9.25. The molecular formula is C12H11N3O2. The van der Waals surface area contributed by atoms with Crippen LogP contribution < -0.4 is 5.43 Å². The van der Waals surface area contributed by atoms with E-state index in [1.165, 1.54) is 6.26 Å². The van der Waals surface area contributed by atoms with Gasteiger partial charge in [-0.3, -0.25) is 9.78 Å². The minimum atomic E-state index is -0.377. The van der Waals surface area contributed by atoms with E-state index in [9.17, 15) is 4.79 Å². The van der Waals surface area contributed by atoms with Crippen molar-refractivity contribution in [2.75, 3.05) is 0 Å². The lowest BCUT2D eigenvalue weighted by Gasteiger charge is -2.00. The Bertz CT molecular complexity index is 518. The largest absolute Gasteiger partial charge is 0.459 e. The molecule has 0 atom stereocenters. The van der Waals surface area contributed by atoms with E-state index in [0.717, 1.165) is 5.56 Å². The molecule has 5 nitrogen and oxygen atoms in total. The number of pyridine rings is 1. The van der Waals surface area contributed by atoms with Crippen molar-refractivity contribution in [3.8, 4) is 0 Å². The predicted molar refractivity (Wildman–Crippen MR) is 62.6 cm³/mol. The number of nitrogens with one attached hydrogen (secondary N) is 1. The molecule has 0 bridgehead atoms. The highest BCUT2D eigenvalue weighted by Gasteiger charge is 2.06. The number of furan rings is 1. The quantitative estimate of drug-likeness (QED) is 0.644. The van der Waals surface area contributed by atoms with E-state index in [1.54, 1.807) is 31.5 Å². The molecule has 2 aromatic heterocycles. The smallest absolute Gasteiger partial charge is 0.307 e. The van der Waals surface area contributed by atoms with Gasteiger partial charge >= 0.3 is 5.91 Å². The van der Waals surface area contributed by atoms with Crippen LogP contribution in [0.15, 0.2) is 52.4 Å². The zero-order valence-corrected chi connectivity index (χ0v) is 9.25. The molecule has 0 saturated carbocycles. The molecule has 0 aliphatic rings. The van der Waals surface area contributed by atoms with Crippen LogP contribution in [0.2, 0.25) is 0 Å². The van der Waals surface area contributed by atoms with Crippen LogP contribution in [-0.4, -0.2) is 16.6 Å². The Morgan fingerprint density at radius 2 is 2.29 bits per heavy atom. The van der Waals surface area contributed by atoms with E-state index in [2.05, 4.69) is 15.5 Å². The fraction of sp³-hybridized carbons (Fsp3) is 0.0833. The van der Waals surface area contributed by atoms with E-state index in [-0.39, 0.29) is 11.7 Å². The lowest BCUT2D eigenvalue weighted by atomic mass is 10.2. The summed E-state index contributed by atoms with van der Waals surface area (Å²) >= 11 is 0. The van der Waals surface area contributed by atoms with E-state index in [4.69, 9.17) is 4.42 Å². The van der Waals surface area contributed by atoms with Gasteiger partial charge in [0.25, 0.3) is 0 Å². The van der Waals surface area contributed by atoms with Crippen LogP contribution in [0.3, 0.4) is 0 Å². The third kappa shape index (κ3) is 2.78. The van der Waals surface area contributed by atoms with E-state index in [1.807, 2.05) is 12.1 Å². The van der Waals surface area contributed by atoms with Gasteiger partial charge in [0.1, 0.15) is 0 Å². The number of amides is 1. The fourth-order valence-corrected chi connectivity index (χ4v) is 1.24. The second-order valence-electron chi connectivity index (χ2n) is 3.36. The van der Waals surface area contributed by atoms with Crippen molar-refractivity contribution in [1.29, 1.82) is 0 Å². The van der Waals surface area contributed by atoms with Crippen molar-refractivity contribution in [1.82, 2.24) is 10.4 Å². The zero-order chi connectivity index (χ0) is 12.1. The summed E-state index contributed by atoms with van der Waals surface area (Å²) in [5, 5.41) is 3.97. The van der Waals surface area contributed by atoms with Gasteiger partial charge in [-0.1, -0.05) is 6.07 Å². The van der Waals surface area contributed by atoms with Crippen molar-refractivity contribution in [2.24, 2.45) is 5.10 Å². The maximum Gasteiger partial charge on any atom is 0.307 e. The lowest BCUT2D eigenvalue weighted by molar-refractivity contribution is 0.0927. The first-order chi connectivity index (χ1) is 8.27. The van der Waals surface area contributed by atoms with Crippen LogP contribution in [0.25, 0.3) is 0 Å². The van der Waals surface area contributed by atoms with Crippen molar-refractivity contribution in [2.45, 2.75) is 6.92 Å². The Morgan fingerprint density at radius 3 is 2.94 bits per heavy atom. The van der Waals surface area contributed by atoms with Crippen LogP contribution in [0.4, 0.5) is 0 Å². The molecule has 0 radical (unpaired) electrons. The van der Waals surface area contributed by atoms with Crippen LogP contribution in [0.1, 0.15) is 23.0 Å². The van der Waals surface area contributed by atoms with Gasteiger partial charge in [-0.2, -0.15) is 5.10 Å². The fourth-order valence-electron chi connectivity index (χ4n) is 1.24. The van der Waals surface area contributed by atoms with Gasteiger partial charge in [0.2, 0.25) is 0 Å². The Labute approximate surface area is 98.2 Å².